The fraction of sp³-hybridized carbons (Fsp3) is 0.474. The number of nitrogens with two attached hydrogens (primary N) is 1. The number of primary amides is 1. The number of allylic oxidation sites excluding steroid dienone is 1. The van der Waals surface area contributed by atoms with Crippen LogP contribution in [0.2, 0.25) is 0 Å². The Morgan fingerprint density at radius 1 is 1.25 bits per heavy atom. The van der Waals surface area contributed by atoms with Gasteiger partial charge in [0.15, 0.2) is 0 Å². The molecule has 0 saturated carbocycles. The molecule has 5 nitrogen and oxygen atoms in total. The highest BCUT2D eigenvalue weighted by Crippen LogP contribution is 2.21. The molecule has 0 fully saturated rings. The van der Waals surface area contributed by atoms with E-state index in [1.807, 2.05) is 31.2 Å². The Kier molecular flexibility index (Phi) is 6.85. The number of aryl methyl sites for hydroxylation is 1. The van der Waals surface area contributed by atoms with Crippen molar-refractivity contribution in [2.24, 2.45) is 5.73 Å². The minimum absolute atomic E-state index is 0.0755. The summed E-state index contributed by atoms with van der Waals surface area (Å²) in [5.74, 6) is -0.0755. The lowest BCUT2D eigenvalue weighted by molar-refractivity contribution is -0.121. The quantitative estimate of drug-likeness (QED) is 0.672. The van der Waals surface area contributed by atoms with Crippen LogP contribution in [0.1, 0.15) is 55.7 Å². The zero-order valence-corrected chi connectivity index (χ0v) is 14.3. The maximum absolute atomic E-state index is 12.2. The van der Waals surface area contributed by atoms with Crippen LogP contribution in [0, 0.1) is 6.92 Å². The first-order valence-electron chi connectivity index (χ1n) is 8.62. The zero-order valence-electron chi connectivity index (χ0n) is 14.3. The summed E-state index contributed by atoms with van der Waals surface area (Å²) in [6.07, 6.45) is 8.20. The summed E-state index contributed by atoms with van der Waals surface area (Å²) >= 11 is 0. The van der Waals surface area contributed by atoms with Gasteiger partial charge in [0, 0.05) is 6.54 Å². The summed E-state index contributed by atoms with van der Waals surface area (Å²) in [5.41, 5.74) is 8.64. The van der Waals surface area contributed by atoms with Crippen LogP contribution in [0.25, 0.3) is 0 Å². The first-order valence-corrected chi connectivity index (χ1v) is 8.62. The minimum Gasteiger partial charge on any atom is -0.356 e. The molecule has 5 heteroatoms. The van der Waals surface area contributed by atoms with E-state index in [-0.39, 0.29) is 12.3 Å². The highest BCUT2D eigenvalue weighted by Gasteiger charge is 2.18. The van der Waals surface area contributed by atoms with E-state index in [1.54, 1.807) is 0 Å². The molecule has 0 spiro atoms. The number of urea groups is 1. The van der Waals surface area contributed by atoms with Gasteiger partial charge >= 0.3 is 6.03 Å². The average molecular weight is 329 g/mol. The van der Waals surface area contributed by atoms with Gasteiger partial charge in [0.1, 0.15) is 0 Å². The zero-order chi connectivity index (χ0) is 17.4. The van der Waals surface area contributed by atoms with E-state index >= 15 is 0 Å². The lowest BCUT2D eigenvalue weighted by atomic mass is 9.97. The lowest BCUT2D eigenvalue weighted by Crippen LogP contribution is -2.37. The molecular formula is C19H27N3O2. The van der Waals surface area contributed by atoms with Crippen LogP contribution >= 0.6 is 0 Å². The van der Waals surface area contributed by atoms with Crippen molar-refractivity contribution >= 4 is 11.9 Å². The van der Waals surface area contributed by atoms with Crippen molar-refractivity contribution in [2.45, 2.75) is 51.5 Å². The predicted molar refractivity (Wildman–Crippen MR) is 95.4 cm³/mol. The third kappa shape index (κ3) is 5.72. The number of carbonyl (C=O) groups excluding carboxylic acids is 2. The molecule has 0 aliphatic heterocycles. The van der Waals surface area contributed by atoms with Crippen molar-refractivity contribution in [2.75, 3.05) is 6.54 Å². The molecule has 1 unspecified atom stereocenters. The molecule has 4 N–H and O–H groups in total. The molecule has 0 bridgehead atoms. The number of carbonyl (C=O) groups is 2. The first kappa shape index (κ1) is 18.0. The maximum atomic E-state index is 12.2. The van der Waals surface area contributed by atoms with Gasteiger partial charge in [0.25, 0.3) is 0 Å². The predicted octanol–water partition coefficient (Wildman–Crippen LogP) is 3.10. The fourth-order valence-corrected chi connectivity index (χ4v) is 3.14. The Bertz CT molecular complexity index is 610. The number of amides is 3. The van der Waals surface area contributed by atoms with Crippen LogP contribution in [0.15, 0.2) is 35.9 Å². The molecule has 0 saturated heterocycles. The third-order valence-corrected chi connectivity index (χ3v) is 4.42. The van der Waals surface area contributed by atoms with Crippen LogP contribution in [-0.2, 0) is 4.79 Å². The van der Waals surface area contributed by atoms with Crippen molar-refractivity contribution in [3.63, 3.8) is 0 Å². The van der Waals surface area contributed by atoms with E-state index in [0.717, 1.165) is 30.4 Å². The Morgan fingerprint density at radius 2 is 2.04 bits per heavy atom. The molecule has 0 radical (unpaired) electrons. The number of rotatable bonds is 7. The summed E-state index contributed by atoms with van der Waals surface area (Å²) in [6.45, 7) is 2.60. The Balaban J connectivity index is 1.89. The molecule has 1 atom stereocenters. The van der Waals surface area contributed by atoms with Gasteiger partial charge in [-0.15, -0.1) is 0 Å². The SMILES string of the molecule is Cc1ccccc1C(CC(=O)NCCC1=CCCCC1)NC(N)=O. The van der Waals surface area contributed by atoms with Crippen molar-refractivity contribution in [1.29, 1.82) is 0 Å². The van der Waals surface area contributed by atoms with E-state index in [2.05, 4.69) is 16.7 Å². The molecule has 1 aromatic carbocycles. The van der Waals surface area contributed by atoms with E-state index in [4.69, 9.17) is 5.73 Å². The highest BCUT2D eigenvalue weighted by molar-refractivity contribution is 5.78. The van der Waals surface area contributed by atoms with E-state index in [1.165, 1.54) is 18.4 Å². The van der Waals surface area contributed by atoms with E-state index in [0.29, 0.717) is 6.54 Å². The number of nitrogens with one attached hydrogen (secondary N) is 2. The number of hydrogen-bond acceptors (Lipinski definition) is 2. The van der Waals surface area contributed by atoms with Crippen LogP contribution < -0.4 is 16.4 Å². The molecule has 0 aromatic heterocycles. The minimum atomic E-state index is -0.622. The van der Waals surface area contributed by atoms with E-state index < -0.39 is 12.1 Å². The molecule has 2 rings (SSSR count). The molecule has 1 aliphatic rings. The van der Waals surface area contributed by atoms with Gasteiger partial charge in [-0.1, -0.05) is 35.9 Å². The Morgan fingerprint density at radius 3 is 2.71 bits per heavy atom. The highest BCUT2D eigenvalue weighted by atomic mass is 16.2. The van der Waals surface area contributed by atoms with Crippen molar-refractivity contribution in [1.82, 2.24) is 10.6 Å². The van der Waals surface area contributed by atoms with Crippen LogP contribution in [0.5, 0.6) is 0 Å². The van der Waals surface area contributed by atoms with Crippen molar-refractivity contribution in [3.8, 4) is 0 Å². The summed E-state index contributed by atoms with van der Waals surface area (Å²) in [6, 6.07) is 6.67. The van der Waals surface area contributed by atoms with Crippen LogP contribution in [0.4, 0.5) is 4.79 Å². The van der Waals surface area contributed by atoms with Gasteiger partial charge < -0.3 is 16.4 Å². The molecule has 24 heavy (non-hydrogen) atoms. The van der Waals surface area contributed by atoms with Gasteiger partial charge in [-0.3, -0.25) is 4.79 Å². The number of benzene rings is 1. The second-order valence-corrected chi connectivity index (χ2v) is 6.33. The van der Waals surface area contributed by atoms with Gasteiger partial charge in [0.2, 0.25) is 5.91 Å². The Labute approximate surface area is 143 Å². The maximum Gasteiger partial charge on any atom is 0.312 e. The normalized spacial score (nSPS) is 15.3. The smallest absolute Gasteiger partial charge is 0.312 e. The first-order chi connectivity index (χ1) is 11.6. The van der Waals surface area contributed by atoms with Crippen molar-refractivity contribution in [3.05, 3.63) is 47.0 Å². The summed E-state index contributed by atoms with van der Waals surface area (Å²) in [7, 11) is 0. The summed E-state index contributed by atoms with van der Waals surface area (Å²) < 4.78 is 0. The lowest BCUT2D eigenvalue weighted by Gasteiger charge is -2.20. The molecule has 0 heterocycles. The van der Waals surface area contributed by atoms with E-state index in [9.17, 15) is 9.59 Å². The fourth-order valence-electron chi connectivity index (χ4n) is 3.14. The van der Waals surface area contributed by atoms with Crippen LogP contribution in [-0.4, -0.2) is 18.5 Å². The molecule has 1 aromatic rings. The molecule has 130 valence electrons. The summed E-state index contributed by atoms with van der Waals surface area (Å²) in [5, 5.41) is 5.63. The average Bonchev–Trinajstić information content (AvgIpc) is 2.55. The standard InChI is InChI=1S/C19H27N3O2/c1-14-7-5-6-10-16(14)17(22-19(20)24)13-18(23)21-12-11-15-8-3-2-4-9-15/h5-8,10,17H,2-4,9,11-13H2,1H3,(H,21,23)(H3,20,22,24). The van der Waals surface area contributed by atoms with Crippen molar-refractivity contribution < 1.29 is 9.59 Å². The second-order valence-electron chi connectivity index (χ2n) is 6.33. The van der Waals surface area contributed by atoms with Gasteiger partial charge in [-0.05, 0) is 50.2 Å². The molecular weight excluding hydrogens is 302 g/mol. The topological polar surface area (TPSA) is 84.2 Å². The third-order valence-electron chi connectivity index (χ3n) is 4.42. The van der Waals surface area contributed by atoms with Gasteiger partial charge in [0.05, 0.1) is 12.5 Å². The Hall–Kier alpha value is -2.30. The van der Waals surface area contributed by atoms with Gasteiger partial charge in [-0.25, -0.2) is 4.79 Å². The monoisotopic (exact) mass is 329 g/mol. The number of hydrogen-bond donors (Lipinski definition) is 3. The molecule has 1 aliphatic carbocycles. The summed E-state index contributed by atoms with van der Waals surface area (Å²) in [4.78, 5) is 23.5. The van der Waals surface area contributed by atoms with Crippen LogP contribution in [0.3, 0.4) is 0 Å². The largest absolute Gasteiger partial charge is 0.356 e. The molecule has 3 amide bonds. The second kappa shape index (κ2) is 9.11. The van der Waals surface area contributed by atoms with Gasteiger partial charge in [-0.2, -0.15) is 0 Å².